The van der Waals surface area contributed by atoms with Crippen LogP contribution in [-0.4, -0.2) is 36.8 Å². The molecule has 1 aliphatic carbocycles. The van der Waals surface area contributed by atoms with Crippen molar-refractivity contribution in [1.82, 2.24) is 10.3 Å². The summed E-state index contributed by atoms with van der Waals surface area (Å²) in [5, 5.41) is 4.80. The van der Waals surface area contributed by atoms with Crippen LogP contribution in [0.5, 0.6) is 0 Å². The first kappa shape index (κ1) is 15.3. The van der Waals surface area contributed by atoms with Gasteiger partial charge in [0.2, 0.25) is 0 Å². The average molecular weight is 309 g/mol. The highest BCUT2D eigenvalue weighted by Gasteiger charge is 2.23. The highest BCUT2D eigenvalue weighted by molar-refractivity contribution is 7.15. The Balaban J connectivity index is 1.66. The van der Waals surface area contributed by atoms with E-state index < -0.39 is 0 Å². The molecule has 1 aromatic rings. The van der Waals surface area contributed by atoms with Gasteiger partial charge in [-0.3, -0.25) is 0 Å². The number of hydrogen-bond acceptors (Lipinski definition) is 5. The quantitative estimate of drug-likeness (QED) is 0.801. The molecule has 3 rings (SSSR count). The Hall–Kier alpha value is -0.650. The normalized spacial score (nSPS) is 21.9. The molecule has 1 saturated heterocycles. The standard InChI is InChI=1S/C16H27N3OS/c1-3-14-15(10-17-12-7-8-12)21-16(18-14)19(4-2)11-13-6-5-9-20-13/h12-13,17H,3-11H2,1-2H3. The van der Waals surface area contributed by atoms with Gasteiger partial charge in [0, 0.05) is 37.2 Å². The molecule has 21 heavy (non-hydrogen) atoms. The van der Waals surface area contributed by atoms with Gasteiger partial charge in [0.1, 0.15) is 0 Å². The largest absolute Gasteiger partial charge is 0.376 e. The van der Waals surface area contributed by atoms with Crippen LogP contribution in [0.15, 0.2) is 0 Å². The number of thiazole rings is 1. The molecule has 0 amide bonds. The molecule has 5 heteroatoms. The number of aryl methyl sites for hydroxylation is 1. The van der Waals surface area contributed by atoms with Crippen molar-refractivity contribution in [2.75, 3.05) is 24.6 Å². The van der Waals surface area contributed by atoms with Gasteiger partial charge >= 0.3 is 0 Å². The van der Waals surface area contributed by atoms with Gasteiger partial charge in [-0.25, -0.2) is 4.98 Å². The van der Waals surface area contributed by atoms with Crippen LogP contribution >= 0.6 is 11.3 Å². The Bertz CT molecular complexity index is 452. The van der Waals surface area contributed by atoms with E-state index in [0.29, 0.717) is 6.10 Å². The molecule has 2 aliphatic rings. The summed E-state index contributed by atoms with van der Waals surface area (Å²) in [6, 6.07) is 0.759. The monoisotopic (exact) mass is 309 g/mol. The van der Waals surface area contributed by atoms with Gasteiger partial charge < -0.3 is 15.0 Å². The van der Waals surface area contributed by atoms with Crippen LogP contribution in [0.1, 0.15) is 50.1 Å². The van der Waals surface area contributed by atoms with Crippen LogP contribution in [0.3, 0.4) is 0 Å². The molecule has 1 atom stereocenters. The SMILES string of the molecule is CCc1nc(N(CC)CC2CCCO2)sc1CNC1CC1. The zero-order valence-corrected chi connectivity index (χ0v) is 14.0. The molecule has 1 aliphatic heterocycles. The summed E-state index contributed by atoms with van der Waals surface area (Å²) in [6.45, 7) is 8.33. The maximum atomic E-state index is 5.78. The minimum absolute atomic E-state index is 0.395. The molecule has 2 heterocycles. The molecule has 118 valence electrons. The van der Waals surface area contributed by atoms with E-state index in [1.165, 1.54) is 41.4 Å². The van der Waals surface area contributed by atoms with Gasteiger partial charge in [0.05, 0.1) is 11.8 Å². The first-order valence-corrected chi connectivity index (χ1v) is 9.20. The fourth-order valence-electron chi connectivity index (χ4n) is 2.82. The number of rotatable bonds is 8. The number of aromatic nitrogens is 1. The van der Waals surface area contributed by atoms with Gasteiger partial charge in [-0.1, -0.05) is 6.92 Å². The van der Waals surface area contributed by atoms with E-state index >= 15 is 0 Å². The predicted molar refractivity (Wildman–Crippen MR) is 88.2 cm³/mol. The van der Waals surface area contributed by atoms with Gasteiger partial charge in [-0.2, -0.15) is 0 Å². The molecule has 1 unspecified atom stereocenters. The van der Waals surface area contributed by atoms with E-state index in [1.807, 2.05) is 11.3 Å². The minimum atomic E-state index is 0.395. The van der Waals surface area contributed by atoms with Crippen molar-refractivity contribution in [3.8, 4) is 0 Å². The summed E-state index contributed by atoms with van der Waals surface area (Å²) in [5.41, 5.74) is 1.27. The summed E-state index contributed by atoms with van der Waals surface area (Å²) in [5.74, 6) is 0. The number of hydrogen-bond donors (Lipinski definition) is 1. The number of nitrogens with one attached hydrogen (secondary N) is 1. The summed E-state index contributed by atoms with van der Waals surface area (Å²) < 4.78 is 5.78. The molecule has 4 nitrogen and oxygen atoms in total. The molecule has 1 saturated carbocycles. The van der Waals surface area contributed by atoms with Crippen molar-refractivity contribution < 1.29 is 4.74 Å². The van der Waals surface area contributed by atoms with E-state index in [0.717, 1.165) is 38.7 Å². The number of anilines is 1. The molecule has 0 radical (unpaired) electrons. The Morgan fingerprint density at radius 1 is 1.33 bits per heavy atom. The van der Waals surface area contributed by atoms with Crippen LogP contribution in [0, 0.1) is 0 Å². The lowest BCUT2D eigenvalue weighted by molar-refractivity contribution is 0.115. The maximum Gasteiger partial charge on any atom is 0.185 e. The molecule has 0 spiro atoms. The summed E-state index contributed by atoms with van der Waals surface area (Å²) in [6.07, 6.45) is 6.50. The van der Waals surface area contributed by atoms with E-state index in [9.17, 15) is 0 Å². The third-order valence-electron chi connectivity index (χ3n) is 4.33. The fraction of sp³-hybridized carbons (Fsp3) is 0.812. The first-order valence-electron chi connectivity index (χ1n) is 8.38. The predicted octanol–water partition coefficient (Wildman–Crippen LogP) is 2.96. The Labute approximate surface area is 131 Å². The summed E-state index contributed by atoms with van der Waals surface area (Å²) >= 11 is 1.87. The Morgan fingerprint density at radius 2 is 2.19 bits per heavy atom. The van der Waals surface area contributed by atoms with E-state index in [4.69, 9.17) is 9.72 Å². The van der Waals surface area contributed by atoms with Crippen molar-refractivity contribution in [2.45, 2.75) is 64.6 Å². The molecular weight excluding hydrogens is 282 g/mol. The number of likely N-dealkylation sites (N-methyl/N-ethyl adjacent to an activating group) is 1. The Kier molecular flexibility index (Phi) is 5.14. The second-order valence-corrected chi connectivity index (χ2v) is 7.11. The van der Waals surface area contributed by atoms with Crippen molar-refractivity contribution in [3.63, 3.8) is 0 Å². The summed E-state index contributed by atoms with van der Waals surface area (Å²) in [4.78, 5) is 8.70. The van der Waals surface area contributed by atoms with Crippen LogP contribution in [0.25, 0.3) is 0 Å². The average Bonchev–Trinajstić information content (AvgIpc) is 3.02. The smallest absolute Gasteiger partial charge is 0.185 e. The van der Waals surface area contributed by atoms with Gasteiger partial charge in [0.25, 0.3) is 0 Å². The topological polar surface area (TPSA) is 37.4 Å². The molecule has 2 fully saturated rings. The molecule has 1 aromatic heterocycles. The van der Waals surface area contributed by atoms with Gasteiger partial charge in [0.15, 0.2) is 5.13 Å². The molecule has 1 N–H and O–H groups in total. The summed E-state index contributed by atoms with van der Waals surface area (Å²) in [7, 11) is 0. The lowest BCUT2D eigenvalue weighted by atomic mass is 10.2. The maximum absolute atomic E-state index is 5.78. The van der Waals surface area contributed by atoms with Crippen LogP contribution < -0.4 is 10.2 Å². The zero-order valence-electron chi connectivity index (χ0n) is 13.2. The molecule has 0 bridgehead atoms. The lowest BCUT2D eigenvalue weighted by Gasteiger charge is -2.23. The van der Waals surface area contributed by atoms with Crippen LogP contribution in [-0.2, 0) is 17.7 Å². The Morgan fingerprint density at radius 3 is 2.81 bits per heavy atom. The third kappa shape index (κ3) is 3.96. The second-order valence-electron chi connectivity index (χ2n) is 6.05. The van der Waals surface area contributed by atoms with Crippen LogP contribution in [0.2, 0.25) is 0 Å². The van der Waals surface area contributed by atoms with Crippen molar-refractivity contribution in [3.05, 3.63) is 10.6 Å². The number of ether oxygens (including phenoxy) is 1. The van der Waals surface area contributed by atoms with Crippen molar-refractivity contribution in [2.24, 2.45) is 0 Å². The van der Waals surface area contributed by atoms with E-state index in [-0.39, 0.29) is 0 Å². The molecule has 0 aromatic carbocycles. The lowest BCUT2D eigenvalue weighted by Crippen LogP contribution is -2.31. The van der Waals surface area contributed by atoms with Crippen molar-refractivity contribution >= 4 is 16.5 Å². The van der Waals surface area contributed by atoms with Gasteiger partial charge in [-0.05, 0) is 39.0 Å². The third-order valence-corrected chi connectivity index (χ3v) is 5.49. The highest BCUT2D eigenvalue weighted by Crippen LogP contribution is 2.29. The van der Waals surface area contributed by atoms with E-state index in [1.54, 1.807) is 0 Å². The zero-order chi connectivity index (χ0) is 14.7. The minimum Gasteiger partial charge on any atom is -0.376 e. The first-order chi connectivity index (χ1) is 10.3. The van der Waals surface area contributed by atoms with Crippen molar-refractivity contribution in [1.29, 1.82) is 0 Å². The van der Waals surface area contributed by atoms with Gasteiger partial charge in [-0.15, -0.1) is 11.3 Å². The van der Waals surface area contributed by atoms with E-state index in [2.05, 4.69) is 24.1 Å². The highest BCUT2D eigenvalue weighted by atomic mass is 32.1. The molecular formula is C16H27N3OS. The fourth-order valence-corrected chi connectivity index (χ4v) is 3.99. The van der Waals surface area contributed by atoms with Crippen LogP contribution in [0.4, 0.5) is 5.13 Å². The second kappa shape index (κ2) is 7.07. The number of nitrogens with zero attached hydrogens (tertiary/aromatic N) is 2.